The molecule has 0 fully saturated rings. The third-order valence-corrected chi connectivity index (χ3v) is 5.75. The Bertz CT molecular complexity index is 1120. The monoisotopic (exact) mass is 482 g/mol. The Morgan fingerprint density at radius 1 is 1.00 bits per heavy atom. The van der Waals surface area contributed by atoms with Crippen LogP contribution < -0.4 is 5.32 Å². The van der Waals surface area contributed by atoms with Gasteiger partial charge < -0.3 is 19.4 Å². The van der Waals surface area contributed by atoms with Gasteiger partial charge in [-0.1, -0.05) is 54.2 Å². The number of benzene rings is 2. The Morgan fingerprint density at radius 3 is 2.41 bits per heavy atom. The zero-order valence-electron chi connectivity index (χ0n) is 19.0. The molecule has 10 heteroatoms. The lowest BCUT2D eigenvalue weighted by atomic mass is 10.1. The third kappa shape index (κ3) is 7.17. The van der Waals surface area contributed by atoms with Crippen LogP contribution in [0.3, 0.4) is 0 Å². The van der Waals surface area contributed by atoms with Crippen LogP contribution in [-0.2, 0) is 38.6 Å². The van der Waals surface area contributed by atoms with E-state index in [1.54, 1.807) is 31.2 Å². The van der Waals surface area contributed by atoms with Gasteiger partial charge in [0, 0.05) is 6.54 Å². The first-order valence-electron chi connectivity index (χ1n) is 10.7. The van der Waals surface area contributed by atoms with Gasteiger partial charge in [-0.3, -0.25) is 9.59 Å². The third-order valence-electron chi connectivity index (χ3n) is 4.78. The molecule has 9 nitrogen and oxygen atoms in total. The molecule has 1 N–H and O–H groups in total. The molecule has 0 aliphatic carbocycles. The quantitative estimate of drug-likeness (QED) is 0.328. The number of thioether (sulfide) groups is 1. The maximum absolute atomic E-state index is 12.4. The van der Waals surface area contributed by atoms with Crippen molar-refractivity contribution in [3.05, 3.63) is 77.1 Å². The van der Waals surface area contributed by atoms with Crippen molar-refractivity contribution in [2.24, 2.45) is 0 Å². The number of amides is 1. The molecule has 0 unspecified atom stereocenters. The van der Waals surface area contributed by atoms with E-state index < -0.39 is 5.97 Å². The highest BCUT2D eigenvalue weighted by atomic mass is 32.2. The molecule has 0 spiro atoms. The minimum atomic E-state index is -0.408. The van der Waals surface area contributed by atoms with E-state index in [2.05, 4.69) is 20.3 Å². The molecule has 3 aromatic rings. The lowest BCUT2D eigenvalue weighted by molar-refractivity contribution is -0.142. The van der Waals surface area contributed by atoms with E-state index in [1.807, 2.05) is 34.9 Å². The van der Waals surface area contributed by atoms with Gasteiger partial charge in [-0.2, -0.15) is 0 Å². The maximum atomic E-state index is 12.4. The zero-order chi connectivity index (χ0) is 24.3. The van der Waals surface area contributed by atoms with E-state index >= 15 is 0 Å². The fourth-order valence-corrected chi connectivity index (χ4v) is 3.87. The second kappa shape index (κ2) is 12.5. The van der Waals surface area contributed by atoms with Crippen LogP contribution in [-0.4, -0.2) is 52.1 Å². The van der Waals surface area contributed by atoms with Crippen molar-refractivity contribution in [3.63, 3.8) is 0 Å². The SMILES string of the molecule is CCOC(=O)Cc1nnc(SCC(=O)NCc2ccc(C(=O)OC)cc2)n1Cc1ccccc1. The van der Waals surface area contributed by atoms with Crippen LogP contribution in [0.1, 0.15) is 34.2 Å². The molecule has 0 atom stereocenters. The van der Waals surface area contributed by atoms with Gasteiger partial charge >= 0.3 is 11.9 Å². The fourth-order valence-electron chi connectivity index (χ4n) is 3.08. The van der Waals surface area contributed by atoms with E-state index in [-0.39, 0.29) is 24.1 Å². The number of hydrogen-bond donors (Lipinski definition) is 1. The first kappa shape index (κ1) is 25.0. The van der Waals surface area contributed by atoms with Crippen LogP contribution in [0.15, 0.2) is 59.8 Å². The van der Waals surface area contributed by atoms with Crippen molar-refractivity contribution in [3.8, 4) is 0 Å². The minimum Gasteiger partial charge on any atom is -0.466 e. The molecule has 0 saturated carbocycles. The lowest BCUT2D eigenvalue weighted by Crippen LogP contribution is -2.24. The first-order valence-corrected chi connectivity index (χ1v) is 11.7. The second-order valence-electron chi connectivity index (χ2n) is 7.21. The summed E-state index contributed by atoms with van der Waals surface area (Å²) in [6, 6.07) is 16.6. The zero-order valence-corrected chi connectivity index (χ0v) is 19.8. The number of hydrogen-bond acceptors (Lipinski definition) is 8. The number of esters is 2. The van der Waals surface area contributed by atoms with Crippen molar-refractivity contribution in [2.75, 3.05) is 19.5 Å². The fraction of sp³-hybridized carbons (Fsp3) is 0.292. The van der Waals surface area contributed by atoms with Crippen LogP contribution >= 0.6 is 11.8 Å². The van der Waals surface area contributed by atoms with Gasteiger partial charge in [0.1, 0.15) is 12.2 Å². The normalized spacial score (nSPS) is 10.5. The summed E-state index contributed by atoms with van der Waals surface area (Å²) >= 11 is 1.24. The molecule has 1 amide bonds. The van der Waals surface area contributed by atoms with E-state index in [0.717, 1.165) is 11.1 Å². The predicted octanol–water partition coefficient (Wildman–Crippen LogP) is 2.63. The van der Waals surface area contributed by atoms with Gasteiger partial charge in [0.25, 0.3) is 0 Å². The van der Waals surface area contributed by atoms with Crippen LogP contribution in [0.25, 0.3) is 0 Å². The number of nitrogens with zero attached hydrogens (tertiary/aromatic N) is 3. The number of carbonyl (C=O) groups excluding carboxylic acids is 3. The Labute approximate surface area is 201 Å². The number of methoxy groups -OCH3 is 1. The van der Waals surface area contributed by atoms with Gasteiger partial charge in [0.05, 0.1) is 31.6 Å². The van der Waals surface area contributed by atoms with Crippen LogP contribution in [0, 0.1) is 0 Å². The number of nitrogens with one attached hydrogen (secondary N) is 1. The topological polar surface area (TPSA) is 112 Å². The number of aromatic nitrogens is 3. The van der Waals surface area contributed by atoms with Crippen molar-refractivity contribution >= 4 is 29.6 Å². The predicted molar refractivity (Wildman–Crippen MR) is 126 cm³/mol. The highest BCUT2D eigenvalue weighted by Gasteiger charge is 2.18. The molecule has 178 valence electrons. The standard InChI is InChI=1S/C24H26N4O5S/c1-3-33-22(30)13-20-26-27-24(28(20)15-18-7-5-4-6-8-18)34-16-21(29)25-14-17-9-11-19(12-10-17)23(31)32-2/h4-12H,3,13-16H2,1-2H3,(H,25,29). The number of ether oxygens (including phenoxy) is 2. The molecule has 0 radical (unpaired) electrons. The Kier molecular flexibility index (Phi) is 9.21. The molecule has 3 rings (SSSR count). The van der Waals surface area contributed by atoms with Gasteiger partial charge in [-0.25, -0.2) is 4.79 Å². The molecule has 2 aromatic carbocycles. The van der Waals surface area contributed by atoms with Crippen LogP contribution in [0.2, 0.25) is 0 Å². The largest absolute Gasteiger partial charge is 0.466 e. The van der Waals surface area contributed by atoms with Gasteiger partial charge in [-0.15, -0.1) is 10.2 Å². The summed E-state index contributed by atoms with van der Waals surface area (Å²) in [6.07, 6.45) is 0.00198. The molecule has 1 aromatic heterocycles. The minimum absolute atomic E-state index is 0.00198. The average molecular weight is 483 g/mol. The number of rotatable bonds is 11. The highest BCUT2D eigenvalue weighted by Crippen LogP contribution is 2.19. The van der Waals surface area contributed by atoms with Crippen LogP contribution in [0.4, 0.5) is 0 Å². The Balaban J connectivity index is 1.61. The molecule has 0 aliphatic rings. The van der Waals surface area contributed by atoms with Gasteiger partial charge in [-0.05, 0) is 30.2 Å². The number of carbonyl (C=O) groups is 3. The maximum Gasteiger partial charge on any atom is 0.337 e. The van der Waals surface area contributed by atoms with Crippen molar-refractivity contribution in [1.29, 1.82) is 0 Å². The summed E-state index contributed by atoms with van der Waals surface area (Å²) in [5.41, 5.74) is 2.33. The van der Waals surface area contributed by atoms with Gasteiger partial charge in [0.15, 0.2) is 5.16 Å². The van der Waals surface area contributed by atoms with E-state index in [1.165, 1.54) is 18.9 Å². The summed E-state index contributed by atoms with van der Waals surface area (Å²) in [5.74, 6) is -0.350. The summed E-state index contributed by atoms with van der Waals surface area (Å²) in [5, 5.41) is 11.7. The van der Waals surface area contributed by atoms with E-state index in [9.17, 15) is 14.4 Å². The Hall–Kier alpha value is -3.66. The van der Waals surface area contributed by atoms with Crippen molar-refractivity contribution in [2.45, 2.75) is 31.6 Å². The lowest BCUT2D eigenvalue weighted by Gasteiger charge is -2.10. The molecule has 1 heterocycles. The summed E-state index contributed by atoms with van der Waals surface area (Å²) in [7, 11) is 1.33. The van der Waals surface area contributed by atoms with Gasteiger partial charge in [0.2, 0.25) is 5.91 Å². The van der Waals surface area contributed by atoms with E-state index in [0.29, 0.717) is 36.2 Å². The first-order chi connectivity index (χ1) is 16.5. The van der Waals surface area contributed by atoms with Crippen molar-refractivity contribution in [1.82, 2.24) is 20.1 Å². The second-order valence-corrected chi connectivity index (χ2v) is 8.15. The smallest absolute Gasteiger partial charge is 0.337 e. The average Bonchev–Trinajstić information content (AvgIpc) is 3.22. The summed E-state index contributed by atoms with van der Waals surface area (Å²) in [6.45, 7) is 2.84. The molecule has 0 bridgehead atoms. The van der Waals surface area contributed by atoms with E-state index in [4.69, 9.17) is 4.74 Å². The molecule has 34 heavy (non-hydrogen) atoms. The van der Waals surface area contributed by atoms with Crippen molar-refractivity contribution < 1.29 is 23.9 Å². The van der Waals surface area contributed by atoms with Crippen LogP contribution in [0.5, 0.6) is 0 Å². The molecular formula is C24H26N4O5S. The Morgan fingerprint density at radius 2 is 1.74 bits per heavy atom. The highest BCUT2D eigenvalue weighted by molar-refractivity contribution is 7.99. The summed E-state index contributed by atoms with van der Waals surface area (Å²) in [4.78, 5) is 35.9. The molecular weight excluding hydrogens is 456 g/mol. The molecule has 0 saturated heterocycles. The molecule has 0 aliphatic heterocycles. The summed E-state index contributed by atoms with van der Waals surface area (Å²) < 4.78 is 11.6.